The highest BCUT2D eigenvalue weighted by Crippen LogP contribution is 2.19. The molecule has 112 valence electrons. The van der Waals surface area contributed by atoms with E-state index >= 15 is 0 Å². The number of carbonyl (C=O) groups excluding carboxylic acids is 1. The fraction of sp³-hybridized carbons (Fsp3) is 0.562. The molecule has 4 heteroatoms. The molecule has 1 rings (SSSR count). The minimum Gasteiger partial charge on any atom is -0.444 e. The van der Waals surface area contributed by atoms with Crippen molar-refractivity contribution >= 4 is 17.9 Å². The largest absolute Gasteiger partial charge is 0.444 e. The van der Waals surface area contributed by atoms with Crippen LogP contribution in [0.2, 0.25) is 0 Å². The molecule has 0 spiro atoms. The van der Waals surface area contributed by atoms with Crippen LogP contribution >= 0.6 is 11.8 Å². The van der Waals surface area contributed by atoms with E-state index in [4.69, 9.17) is 4.74 Å². The monoisotopic (exact) mass is 295 g/mol. The molecule has 0 aromatic heterocycles. The first kappa shape index (κ1) is 16.9. The third-order valence-corrected chi connectivity index (χ3v) is 3.73. The highest BCUT2D eigenvalue weighted by atomic mass is 32.2. The lowest BCUT2D eigenvalue weighted by Gasteiger charge is -2.23. The molecule has 1 amide bonds. The lowest BCUT2D eigenvalue weighted by molar-refractivity contribution is 0.0507. The fourth-order valence-corrected chi connectivity index (χ4v) is 2.73. The topological polar surface area (TPSA) is 38.3 Å². The number of ether oxygens (including phenoxy) is 1. The van der Waals surface area contributed by atoms with Gasteiger partial charge in [-0.3, -0.25) is 0 Å². The van der Waals surface area contributed by atoms with E-state index in [1.54, 1.807) is 11.8 Å². The number of alkyl carbamates (subject to hydrolysis) is 1. The highest BCUT2D eigenvalue weighted by Gasteiger charge is 2.19. The molecule has 1 N–H and O–H groups in total. The third kappa shape index (κ3) is 7.43. The van der Waals surface area contributed by atoms with Gasteiger partial charge in [0.15, 0.2) is 0 Å². The maximum Gasteiger partial charge on any atom is 0.407 e. The van der Waals surface area contributed by atoms with Crippen molar-refractivity contribution in [1.29, 1.82) is 0 Å². The molecular formula is C16H25NO2S. The van der Waals surface area contributed by atoms with E-state index < -0.39 is 5.60 Å². The Labute approximate surface area is 126 Å². The second kappa shape index (κ2) is 8.20. The summed E-state index contributed by atoms with van der Waals surface area (Å²) < 4.78 is 5.31. The Morgan fingerprint density at radius 2 is 1.95 bits per heavy atom. The van der Waals surface area contributed by atoms with Crippen molar-refractivity contribution in [1.82, 2.24) is 5.32 Å². The van der Waals surface area contributed by atoms with Crippen LogP contribution in [0.3, 0.4) is 0 Å². The summed E-state index contributed by atoms with van der Waals surface area (Å²) in [5.41, 5.74) is -0.451. The SMILES string of the molecule is CCC[C@H](CSc1ccccc1)NC(=O)OC(C)(C)C. The van der Waals surface area contributed by atoms with Crippen LogP contribution in [0.4, 0.5) is 4.79 Å². The van der Waals surface area contributed by atoms with Gasteiger partial charge in [-0.2, -0.15) is 0 Å². The van der Waals surface area contributed by atoms with E-state index in [0.29, 0.717) is 0 Å². The van der Waals surface area contributed by atoms with Crippen molar-refractivity contribution in [2.24, 2.45) is 0 Å². The summed E-state index contributed by atoms with van der Waals surface area (Å²) in [6, 6.07) is 10.4. The average Bonchev–Trinajstić information content (AvgIpc) is 2.35. The summed E-state index contributed by atoms with van der Waals surface area (Å²) in [6.45, 7) is 7.75. The van der Waals surface area contributed by atoms with E-state index in [1.807, 2.05) is 39.0 Å². The molecule has 3 nitrogen and oxygen atoms in total. The van der Waals surface area contributed by atoms with Crippen molar-refractivity contribution in [3.05, 3.63) is 30.3 Å². The van der Waals surface area contributed by atoms with Crippen LogP contribution in [-0.2, 0) is 4.74 Å². The zero-order valence-corrected chi connectivity index (χ0v) is 13.6. The lowest BCUT2D eigenvalue weighted by atomic mass is 10.2. The quantitative estimate of drug-likeness (QED) is 0.787. The Kier molecular flexibility index (Phi) is 6.93. The predicted molar refractivity (Wildman–Crippen MR) is 85.2 cm³/mol. The fourth-order valence-electron chi connectivity index (χ4n) is 1.73. The van der Waals surface area contributed by atoms with Crippen molar-refractivity contribution in [2.45, 2.75) is 57.1 Å². The van der Waals surface area contributed by atoms with Crippen molar-refractivity contribution in [3.63, 3.8) is 0 Å². The van der Waals surface area contributed by atoms with Gasteiger partial charge in [-0.25, -0.2) is 4.79 Å². The first-order valence-electron chi connectivity index (χ1n) is 7.08. The van der Waals surface area contributed by atoms with Gasteiger partial charge in [0.25, 0.3) is 0 Å². The molecule has 0 unspecified atom stereocenters. The Morgan fingerprint density at radius 1 is 1.30 bits per heavy atom. The second-order valence-electron chi connectivity index (χ2n) is 5.76. The smallest absolute Gasteiger partial charge is 0.407 e. The number of carbonyl (C=O) groups is 1. The number of rotatable bonds is 6. The minimum absolute atomic E-state index is 0.139. The molecule has 0 saturated heterocycles. The molecular weight excluding hydrogens is 270 g/mol. The number of hydrogen-bond acceptors (Lipinski definition) is 3. The number of thioether (sulfide) groups is 1. The Morgan fingerprint density at radius 3 is 2.50 bits per heavy atom. The van der Waals surface area contributed by atoms with E-state index in [-0.39, 0.29) is 12.1 Å². The average molecular weight is 295 g/mol. The van der Waals surface area contributed by atoms with Gasteiger partial charge in [-0.1, -0.05) is 31.5 Å². The molecule has 0 saturated carbocycles. The molecule has 0 heterocycles. The van der Waals surface area contributed by atoms with Gasteiger partial charge < -0.3 is 10.1 Å². The number of nitrogens with one attached hydrogen (secondary N) is 1. The van der Waals surface area contributed by atoms with Gasteiger partial charge in [0.05, 0.1) is 0 Å². The zero-order valence-electron chi connectivity index (χ0n) is 12.8. The molecule has 1 atom stereocenters. The van der Waals surface area contributed by atoms with Gasteiger partial charge >= 0.3 is 6.09 Å². The van der Waals surface area contributed by atoms with E-state index in [9.17, 15) is 4.79 Å². The number of amides is 1. The highest BCUT2D eigenvalue weighted by molar-refractivity contribution is 7.99. The molecule has 20 heavy (non-hydrogen) atoms. The summed E-state index contributed by atoms with van der Waals surface area (Å²) in [6.07, 6.45) is 1.67. The van der Waals surface area contributed by atoms with E-state index in [0.717, 1.165) is 18.6 Å². The lowest BCUT2D eigenvalue weighted by Crippen LogP contribution is -2.40. The summed E-state index contributed by atoms with van der Waals surface area (Å²) in [4.78, 5) is 13.0. The Bertz CT molecular complexity index is 401. The molecule has 1 aromatic carbocycles. The van der Waals surface area contributed by atoms with E-state index in [2.05, 4.69) is 24.4 Å². The third-order valence-electron chi connectivity index (χ3n) is 2.55. The van der Waals surface area contributed by atoms with Crippen molar-refractivity contribution in [2.75, 3.05) is 5.75 Å². The van der Waals surface area contributed by atoms with Crippen LogP contribution < -0.4 is 5.32 Å². The minimum atomic E-state index is -0.451. The van der Waals surface area contributed by atoms with Gasteiger partial charge in [-0.15, -0.1) is 11.8 Å². The van der Waals surface area contributed by atoms with Gasteiger partial charge in [-0.05, 0) is 39.3 Å². The summed E-state index contributed by atoms with van der Waals surface area (Å²) in [5.74, 6) is 0.858. The second-order valence-corrected chi connectivity index (χ2v) is 6.85. The molecule has 0 bridgehead atoms. The number of benzene rings is 1. The maximum absolute atomic E-state index is 11.8. The van der Waals surface area contributed by atoms with Crippen LogP contribution in [0, 0.1) is 0 Å². The standard InChI is InChI=1S/C16H25NO2S/c1-5-9-13(17-15(18)19-16(2,3)4)12-20-14-10-7-6-8-11-14/h6-8,10-11,13H,5,9,12H2,1-4H3,(H,17,18)/t13-/m1/s1. The maximum atomic E-state index is 11.8. The molecule has 1 aromatic rings. The molecule has 0 aliphatic heterocycles. The first-order valence-corrected chi connectivity index (χ1v) is 8.06. The Balaban J connectivity index is 2.46. The normalized spacial score (nSPS) is 12.8. The Hall–Kier alpha value is -1.16. The van der Waals surface area contributed by atoms with Crippen molar-refractivity contribution in [3.8, 4) is 0 Å². The molecule has 0 aliphatic carbocycles. The van der Waals surface area contributed by atoms with Crippen molar-refractivity contribution < 1.29 is 9.53 Å². The van der Waals surface area contributed by atoms with Crippen LogP contribution in [0.15, 0.2) is 35.2 Å². The van der Waals surface area contributed by atoms with Crippen LogP contribution in [-0.4, -0.2) is 23.5 Å². The van der Waals surface area contributed by atoms with Gasteiger partial charge in [0.1, 0.15) is 5.60 Å². The first-order chi connectivity index (χ1) is 9.40. The number of hydrogen-bond donors (Lipinski definition) is 1. The zero-order chi connectivity index (χ0) is 15.0. The van der Waals surface area contributed by atoms with Crippen LogP contribution in [0.25, 0.3) is 0 Å². The summed E-state index contributed by atoms with van der Waals surface area (Å²) in [7, 11) is 0. The van der Waals surface area contributed by atoms with Crippen LogP contribution in [0.5, 0.6) is 0 Å². The van der Waals surface area contributed by atoms with Gasteiger partial charge in [0.2, 0.25) is 0 Å². The summed E-state index contributed by atoms with van der Waals surface area (Å²) in [5, 5.41) is 2.96. The summed E-state index contributed by atoms with van der Waals surface area (Å²) >= 11 is 1.76. The molecule has 0 radical (unpaired) electrons. The predicted octanol–water partition coefficient (Wildman–Crippen LogP) is 4.47. The van der Waals surface area contributed by atoms with Gasteiger partial charge in [0, 0.05) is 16.7 Å². The molecule has 0 fully saturated rings. The van der Waals surface area contributed by atoms with Crippen LogP contribution in [0.1, 0.15) is 40.5 Å². The van der Waals surface area contributed by atoms with E-state index in [1.165, 1.54) is 4.90 Å². The molecule has 0 aliphatic rings.